The lowest BCUT2D eigenvalue weighted by Crippen LogP contribution is -2.32. The minimum atomic E-state index is -0.633. The molecule has 1 aromatic heterocycles. The van der Waals surface area contributed by atoms with Gasteiger partial charge in [0, 0.05) is 13.7 Å². The zero-order chi connectivity index (χ0) is 20.0. The van der Waals surface area contributed by atoms with Crippen LogP contribution >= 0.6 is 0 Å². The number of aromatic hydroxyl groups is 1. The molecule has 0 aliphatic carbocycles. The number of phenolic OH excluding ortho intramolecular Hbond substituents is 1. The predicted molar refractivity (Wildman–Crippen MR) is 105 cm³/mol. The topological polar surface area (TPSA) is 80.0 Å². The Morgan fingerprint density at radius 2 is 1.96 bits per heavy atom. The first-order valence-electron chi connectivity index (χ1n) is 9.09. The highest BCUT2D eigenvalue weighted by molar-refractivity contribution is 5.99. The van der Waals surface area contributed by atoms with E-state index in [1.807, 2.05) is 19.9 Å². The van der Waals surface area contributed by atoms with Crippen LogP contribution in [-0.4, -0.2) is 36.2 Å². The largest absolute Gasteiger partial charge is 0.508 e. The van der Waals surface area contributed by atoms with E-state index in [9.17, 15) is 14.7 Å². The van der Waals surface area contributed by atoms with Gasteiger partial charge in [0.2, 0.25) is 5.76 Å². The van der Waals surface area contributed by atoms with Crippen molar-refractivity contribution < 1.29 is 19.1 Å². The van der Waals surface area contributed by atoms with E-state index in [0.29, 0.717) is 35.2 Å². The van der Waals surface area contributed by atoms with Crippen LogP contribution in [0.1, 0.15) is 38.9 Å². The van der Waals surface area contributed by atoms with Crippen molar-refractivity contribution in [3.05, 3.63) is 74.6 Å². The van der Waals surface area contributed by atoms with E-state index in [-0.39, 0.29) is 22.8 Å². The van der Waals surface area contributed by atoms with E-state index in [1.54, 1.807) is 42.3 Å². The summed E-state index contributed by atoms with van der Waals surface area (Å²) in [6.45, 7) is 4.40. The lowest BCUT2D eigenvalue weighted by atomic mass is 9.97. The van der Waals surface area contributed by atoms with E-state index < -0.39 is 6.04 Å². The fourth-order valence-corrected chi connectivity index (χ4v) is 3.98. The van der Waals surface area contributed by atoms with Gasteiger partial charge in [-0.15, -0.1) is 0 Å². The summed E-state index contributed by atoms with van der Waals surface area (Å²) < 4.78 is 11.1. The molecule has 3 aromatic rings. The molecule has 1 aliphatic rings. The van der Waals surface area contributed by atoms with Crippen LogP contribution in [0.4, 0.5) is 0 Å². The van der Waals surface area contributed by atoms with Crippen molar-refractivity contribution in [3.63, 3.8) is 0 Å². The number of ether oxygens (including phenoxy) is 1. The van der Waals surface area contributed by atoms with Gasteiger partial charge in [0.15, 0.2) is 5.43 Å². The summed E-state index contributed by atoms with van der Waals surface area (Å²) in [5.41, 5.74) is 2.93. The highest BCUT2D eigenvalue weighted by Gasteiger charge is 2.42. The molecule has 0 bridgehead atoms. The summed E-state index contributed by atoms with van der Waals surface area (Å²) in [6.07, 6.45) is 0. The maximum atomic E-state index is 13.5. The Bertz CT molecular complexity index is 1150. The molecule has 0 spiro atoms. The Morgan fingerprint density at radius 3 is 2.68 bits per heavy atom. The maximum Gasteiger partial charge on any atom is 0.290 e. The Balaban J connectivity index is 2.01. The third-order valence-electron chi connectivity index (χ3n) is 5.13. The highest BCUT2D eigenvalue weighted by atomic mass is 16.5. The average Bonchev–Trinajstić information content (AvgIpc) is 2.92. The van der Waals surface area contributed by atoms with Gasteiger partial charge in [0.1, 0.15) is 11.3 Å². The van der Waals surface area contributed by atoms with E-state index in [2.05, 4.69) is 0 Å². The molecule has 0 saturated heterocycles. The Kier molecular flexibility index (Phi) is 4.43. The van der Waals surface area contributed by atoms with Gasteiger partial charge in [-0.3, -0.25) is 9.59 Å². The number of aryl methyl sites for hydroxylation is 2. The van der Waals surface area contributed by atoms with Crippen molar-refractivity contribution in [2.75, 3.05) is 20.3 Å². The molecule has 0 radical (unpaired) electrons. The van der Waals surface area contributed by atoms with Crippen LogP contribution in [0.3, 0.4) is 0 Å². The van der Waals surface area contributed by atoms with E-state index in [0.717, 1.165) is 11.1 Å². The van der Waals surface area contributed by atoms with E-state index in [1.165, 1.54) is 0 Å². The summed E-state index contributed by atoms with van der Waals surface area (Å²) in [6, 6.07) is 9.67. The molecule has 6 heteroatoms. The first kappa shape index (κ1) is 18.3. The van der Waals surface area contributed by atoms with Crippen molar-refractivity contribution in [1.82, 2.24) is 4.90 Å². The normalized spacial score (nSPS) is 16.0. The molecule has 6 nitrogen and oxygen atoms in total. The minimum Gasteiger partial charge on any atom is -0.508 e. The van der Waals surface area contributed by atoms with Crippen LogP contribution in [0.5, 0.6) is 5.75 Å². The van der Waals surface area contributed by atoms with Gasteiger partial charge in [0.25, 0.3) is 5.91 Å². The second-order valence-corrected chi connectivity index (χ2v) is 7.12. The van der Waals surface area contributed by atoms with Gasteiger partial charge in [-0.25, -0.2) is 0 Å². The summed E-state index contributed by atoms with van der Waals surface area (Å²) >= 11 is 0. The Hall–Kier alpha value is -3.12. The number of hydrogen-bond acceptors (Lipinski definition) is 5. The van der Waals surface area contributed by atoms with Crippen LogP contribution < -0.4 is 5.43 Å². The summed E-state index contributed by atoms with van der Waals surface area (Å²) in [5, 5.41) is 10.4. The standard InChI is InChI=1S/C22H21NO5/c1-12-9-13(2)17-16(10-12)28-21-18(20(17)25)19(14-5-4-6-15(24)11-14)23(22(21)26)7-8-27-3/h4-6,9-11,19,24H,7-8H2,1-3H3/t19-/m1/s1. The Labute approximate surface area is 162 Å². The maximum absolute atomic E-state index is 13.5. The molecular weight excluding hydrogens is 358 g/mol. The van der Waals surface area contributed by atoms with Crippen molar-refractivity contribution in [2.24, 2.45) is 0 Å². The molecule has 0 fully saturated rings. The number of fused-ring (bicyclic) bond motifs is 2. The van der Waals surface area contributed by atoms with Gasteiger partial charge in [0.05, 0.1) is 23.6 Å². The number of carbonyl (C=O) groups excluding carboxylic acids is 1. The van der Waals surface area contributed by atoms with Gasteiger partial charge in [-0.2, -0.15) is 0 Å². The second kappa shape index (κ2) is 6.80. The number of amides is 1. The zero-order valence-electron chi connectivity index (χ0n) is 16.0. The fourth-order valence-electron chi connectivity index (χ4n) is 3.98. The lowest BCUT2D eigenvalue weighted by Gasteiger charge is -2.24. The number of carbonyl (C=O) groups is 1. The Morgan fingerprint density at radius 1 is 1.18 bits per heavy atom. The van der Waals surface area contributed by atoms with Crippen LogP contribution in [-0.2, 0) is 4.74 Å². The van der Waals surface area contributed by atoms with Crippen molar-refractivity contribution in [2.45, 2.75) is 19.9 Å². The molecule has 0 saturated carbocycles. The molecular formula is C22H21NO5. The van der Waals surface area contributed by atoms with Crippen LogP contribution in [0.15, 0.2) is 45.6 Å². The van der Waals surface area contributed by atoms with Gasteiger partial charge < -0.3 is 19.2 Å². The zero-order valence-corrected chi connectivity index (χ0v) is 16.0. The quantitative estimate of drug-likeness (QED) is 0.752. The molecule has 2 aromatic carbocycles. The number of phenols is 1. The third kappa shape index (κ3) is 2.77. The summed E-state index contributed by atoms with van der Waals surface area (Å²) in [5.74, 6) is -0.215. The van der Waals surface area contributed by atoms with E-state index in [4.69, 9.17) is 9.15 Å². The second-order valence-electron chi connectivity index (χ2n) is 7.12. The van der Waals surface area contributed by atoms with Gasteiger partial charge >= 0.3 is 0 Å². The smallest absolute Gasteiger partial charge is 0.290 e. The van der Waals surface area contributed by atoms with Crippen LogP contribution in [0.2, 0.25) is 0 Å². The summed E-state index contributed by atoms with van der Waals surface area (Å²) in [4.78, 5) is 28.1. The third-order valence-corrected chi connectivity index (χ3v) is 5.13. The van der Waals surface area contributed by atoms with Gasteiger partial charge in [-0.1, -0.05) is 18.2 Å². The molecule has 28 heavy (non-hydrogen) atoms. The lowest BCUT2D eigenvalue weighted by molar-refractivity contribution is 0.0663. The minimum absolute atomic E-state index is 0.0620. The number of hydrogen-bond donors (Lipinski definition) is 1. The fraction of sp³-hybridized carbons (Fsp3) is 0.273. The van der Waals surface area contributed by atoms with Crippen LogP contribution in [0.25, 0.3) is 11.0 Å². The first-order chi connectivity index (χ1) is 13.4. The highest BCUT2D eigenvalue weighted by Crippen LogP contribution is 2.39. The number of methoxy groups -OCH3 is 1. The van der Waals surface area contributed by atoms with Crippen molar-refractivity contribution in [1.29, 1.82) is 0 Å². The monoisotopic (exact) mass is 379 g/mol. The summed E-state index contributed by atoms with van der Waals surface area (Å²) in [7, 11) is 1.56. The molecule has 2 heterocycles. The molecule has 1 aliphatic heterocycles. The molecule has 144 valence electrons. The van der Waals surface area contributed by atoms with Crippen LogP contribution in [0, 0.1) is 13.8 Å². The molecule has 0 unspecified atom stereocenters. The molecule has 1 N–H and O–H groups in total. The number of benzene rings is 2. The van der Waals surface area contributed by atoms with E-state index >= 15 is 0 Å². The van der Waals surface area contributed by atoms with Crippen molar-refractivity contribution in [3.8, 4) is 5.75 Å². The van der Waals surface area contributed by atoms with Gasteiger partial charge in [-0.05, 0) is 48.7 Å². The first-order valence-corrected chi connectivity index (χ1v) is 9.09. The SMILES string of the molecule is COCCN1C(=O)c2oc3cc(C)cc(C)c3c(=O)c2[C@H]1c1cccc(O)c1. The molecule has 1 amide bonds. The number of rotatable bonds is 4. The average molecular weight is 379 g/mol. The van der Waals surface area contributed by atoms with Crippen molar-refractivity contribution >= 4 is 16.9 Å². The molecule has 1 atom stereocenters. The predicted octanol–water partition coefficient (Wildman–Crippen LogP) is 3.31. The number of nitrogens with zero attached hydrogens (tertiary/aromatic N) is 1. The molecule has 4 rings (SSSR count).